The molecule has 0 bridgehead atoms. The first-order valence-corrected chi connectivity index (χ1v) is 8.64. The van der Waals surface area contributed by atoms with E-state index >= 15 is 0 Å². The van der Waals surface area contributed by atoms with Crippen LogP contribution < -0.4 is 0 Å². The number of fused-ring (bicyclic) bond motifs is 1. The van der Waals surface area contributed by atoms with Crippen molar-refractivity contribution in [1.82, 2.24) is 0 Å². The van der Waals surface area contributed by atoms with Gasteiger partial charge in [-0.25, -0.2) is 0 Å². The van der Waals surface area contributed by atoms with Gasteiger partial charge >= 0.3 is 0 Å². The van der Waals surface area contributed by atoms with Crippen molar-refractivity contribution >= 4 is 23.0 Å². The van der Waals surface area contributed by atoms with Gasteiger partial charge in [-0.05, 0) is 58.9 Å². The first kappa shape index (κ1) is 13.5. The number of rotatable bonds is 3. The molecule has 1 aliphatic carbocycles. The van der Waals surface area contributed by atoms with Gasteiger partial charge in [0, 0.05) is 9.75 Å². The highest BCUT2D eigenvalue weighted by Crippen LogP contribution is 2.38. The van der Waals surface area contributed by atoms with E-state index < -0.39 is 0 Å². The Bertz CT molecular complexity index is 837. The van der Waals surface area contributed by atoms with Gasteiger partial charge in [0.1, 0.15) is 0 Å². The van der Waals surface area contributed by atoms with Gasteiger partial charge in [0.25, 0.3) is 0 Å². The predicted molar refractivity (Wildman–Crippen MR) is 97.2 cm³/mol. The molecule has 108 valence electrons. The number of allylic oxidation sites excluding steroid dienone is 1. The standard InChI is InChI=1S/C21H18S/c1-2-15-9-6-10-17-13-18(14-19(15)17)21-12-11-20(22-21)16-7-4-3-5-8-16/h3-12,14H,2,13H2,1H3. The van der Waals surface area contributed by atoms with E-state index in [0.29, 0.717) is 0 Å². The lowest BCUT2D eigenvalue weighted by molar-refractivity contribution is 1.12. The molecule has 0 fully saturated rings. The third-order valence-electron chi connectivity index (χ3n) is 4.35. The summed E-state index contributed by atoms with van der Waals surface area (Å²) in [7, 11) is 0. The van der Waals surface area contributed by atoms with Crippen molar-refractivity contribution in [3.8, 4) is 10.4 Å². The molecule has 0 nitrogen and oxygen atoms in total. The van der Waals surface area contributed by atoms with Gasteiger partial charge in [-0.15, -0.1) is 11.3 Å². The van der Waals surface area contributed by atoms with Crippen LogP contribution in [0.3, 0.4) is 0 Å². The molecule has 0 saturated heterocycles. The van der Waals surface area contributed by atoms with Gasteiger partial charge in [0.15, 0.2) is 0 Å². The van der Waals surface area contributed by atoms with Gasteiger partial charge in [0.2, 0.25) is 0 Å². The van der Waals surface area contributed by atoms with Crippen molar-refractivity contribution < 1.29 is 0 Å². The Morgan fingerprint density at radius 1 is 0.864 bits per heavy atom. The van der Waals surface area contributed by atoms with E-state index in [1.807, 2.05) is 11.3 Å². The predicted octanol–water partition coefficient (Wildman–Crippen LogP) is 6.07. The van der Waals surface area contributed by atoms with E-state index in [1.165, 1.54) is 37.6 Å². The van der Waals surface area contributed by atoms with Crippen LogP contribution in [0, 0.1) is 0 Å². The summed E-state index contributed by atoms with van der Waals surface area (Å²) in [6.45, 7) is 2.24. The van der Waals surface area contributed by atoms with Crippen LogP contribution in [0.25, 0.3) is 22.1 Å². The molecule has 4 rings (SSSR count). The first-order chi connectivity index (χ1) is 10.8. The zero-order chi connectivity index (χ0) is 14.9. The van der Waals surface area contributed by atoms with Crippen molar-refractivity contribution in [1.29, 1.82) is 0 Å². The first-order valence-electron chi connectivity index (χ1n) is 7.82. The minimum Gasteiger partial charge on any atom is -0.136 e. The summed E-state index contributed by atoms with van der Waals surface area (Å²) in [5.41, 5.74) is 7.17. The van der Waals surface area contributed by atoms with Crippen molar-refractivity contribution in [2.24, 2.45) is 0 Å². The Labute approximate surface area is 135 Å². The molecule has 22 heavy (non-hydrogen) atoms. The molecule has 0 amide bonds. The highest BCUT2D eigenvalue weighted by molar-refractivity contribution is 7.16. The highest BCUT2D eigenvalue weighted by atomic mass is 32.1. The molecular formula is C21H18S. The molecule has 1 heterocycles. The van der Waals surface area contributed by atoms with Crippen LogP contribution in [-0.2, 0) is 12.8 Å². The van der Waals surface area contributed by atoms with Crippen LogP contribution in [0.4, 0.5) is 0 Å². The van der Waals surface area contributed by atoms with Crippen LogP contribution in [0.15, 0.2) is 60.7 Å². The van der Waals surface area contributed by atoms with E-state index in [2.05, 4.69) is 73.7 Å². The number of hydrogen-bond donors (Lipinski definition) is 0. The Morgan fingerprint density at radius 2 is 1.68 bits per heavy atom. The molecule has 0 aliphatic heterocycles. The lowest BCUT2D eigenvalue weighted by atomic mass is 10.0. The summed E-state index contributed by atoms with van der Waals surface area (Å²) in [6.07, 6.45) is 4.57. The minimum absolute atomic E-state index is 1.07. The van der Waals surface area contributed by atoms with Gasteiger partial charge in [-0.3, -0.25) is 0 Å². The average Bonchev–Trinajstić information content (AvgIpc) is 3.21. The third kappa shape index (κ3) is 2.32. The van der Waals surface area contributed by atoms with Crippen LogP contribution in [0.1, 0.15) is 28.5 Å². The van der Waals surface area contributed by atoms with Gasteiger partial charge in [0.05, 0.1) is 0 Å². The van der Waals surface area contributed by atoms with Gasteiger partial charge in [-0.2, -0.15) is 0 Å². The normalized spacial score (nSPS) is 13.0. The number of aryl methyl sites for hydroxylation is 1. The lowest BCUT2D eigenvalue weighted by Gasteiger charge is -2.03. The molecule has 0 N–H and O–H groups in total. The molecule has 0 saturated carbocycles. The van der Waals surface area contributed by atoms with Crippen LogP contribution in [0.2, 0.25) is 0 Å². The highest BCUT2D eigenvalue weighted by Gasteiger charge is 2.17. The second-order valence-corrected chi connectivity index (χ2v) is 6.80. The van der Waals surface area contributed by atoms with Gasteiger partial charge < -0.3 is 0 Å². The fraction of sp³-hybridized carbons (Fsp3) is 0.143. The number of benzene rings is 2. The molecule has 0 spiro atoms. The van der Waals surface area contributed by atoms with Crippen molar-refractivity contribution in [2.45, 2.75) is 19.8 Å². The summed E-state index contributed by atoms with van der Waals surface area (Å²) in [6, 6.07) is 21.9. The molecular weight excluding hydrogens is 284 g/mol. The SMILES string of the molecule is CCc1cccc2c1C=C(c1ccc(-c3ccccc3)s1)C2. The topological polar surface area (TPSA) is 0 Å². The van der Waals surface area contributed by atoms with Crippen LogP contribution in [0.5, 0.6) is 0 Å². The summed E-state index contributed by atoms with van der Waals surface area (Å²) in [4.78, 5) is 2.75. The van der Waals surface area contributed by atoms with Crippen molar-refractivity contribution in [3.63, 3.8) is 0 Å². The van der Waals surface area contributed by atoms with Crippen molar-refractivity contribution in [2.75, 3.05) is 0 Å². The molecule has 3 aromatic rings. The molecule has 1 aromatic heterocycles. The van der Waals surface area contributed by atoms with Crippen LogP contribution >= 0.6 is 11.3 Å². The Hall–Kier alpha value is -2.12. The zero-order valence-corrected chi connectivity index (χ0v) is 13.5. The third-order valence-corrected chi connectivity index (χ3v) is 5.56. The molecule has 2 aromatic carbocycles. The number of hydrogen-bond acceptors (Lipinski definition) is 1. The second kappa shape index (κ2) is 5.58. The molecule has 0 atom stereocenters. The van der Waals surface area contributed by atoms with E-state index in [0.717, 1.165) is 12.8 Å². The Kier molecular flexibility index (Phi) is 3.44. The monoisotopic (exact) mass is 302 g/mol. The maximum Gasteiger partial charge on any atom is 0.0349 e. The lowest BCUT2D eigenvalue weighted by Crippen LogP contribution is -1.88. The summed E-state index contributed by atoms with van der Waals surface area (Å²) >= 11 is 1.90. The van der Waals surface area contributed by atoms with Crippen LogP contribution in [-0.4, -0.2) is 0 Å². The fourth-order valence-electron chi connectivity index (χ4n) is 3.17. The molecule has 0 unspecified atom stereocenters. The number of thiophene rings is 1. The van der Waals surface area contributed by atoms with Gasteiger partial charge in [-0.1, -0.05) is 55.5 Å². The molecule has 0 radical (unpaired) electrons. The van der Waals surface area contributed by atoms with E-state index in [-0.39, 0.29) is 0 Å². The Morgan fingerprint density at radius 3 is 2.50 bits per heavy atom. The Balaban J connectivity index is 1.69. The van der Waals surface area contributed by atoms with E-state index in [1.54, 1.807) is 0 Å². The summed E-state index contributed by atoms with van der Waals surface area (Å²) in [5.74, 6) is 0. The minimum atomic E-state index is 1.07. The van der Waals surface area contributed by atoms with Crippen molar-refractivity contribution in [3.05, 3.63) is 82.2 Å². The summed E-state index contributed by atoms with van der Waals surface area (Å²) < 4.78 is 0. The second-order valence-electron chi connectivity index (χ2n) is 5.72. The average molecular weight is 302 g/mol. The fourth-order valence-corrected chi connectivity index (χ4v) is 4.20. The maximum absolute atomic E-state index is 2.40. The quantitative estimate of drug-likeness (QED) is 0.550. The summed E-state index contributed by atoms with van der Waals surface area (Å²) in [5, 5.41) is 0. The molecule has 1 heteroatoms. The maximum atomic E-state index is 2.40. The van der Waals surface area contributed by atoms with E-state index in [9.17, 15) is 0 Å². The molecule has 1 aliphatic rings. The van der Waals surface area contributed by atoms with E-state index in [4.69, 9.17) is 0 Å². The smallest absolute Gasteiger partial charge is 0.0349 e. The zero-order valence-electron chi connectivity index (χ0n) is 12.7. The largest absolute Gasteiger partial charge is 0.136 e.